The summed E-state index contributed by atoms with van der Waals surface area (Å²) in [5, 5.41) is 10.9. The molecule has 154 valence electrons. The number of ketones is 2. The van der Waals surface area contributed by atoms with E-state index in [1.807, 2.05) is 0 Å². The topological polar surface area (TPSA) is 74.7 Å². The minimum Gasteiger partial charge on any atom is -0.507 e. The highest BCUT2D eigenvalue weighted by Crippen LogP contribution is 2.42. The van der Waals surface area contributed by atoms with Crippen LogP contribution in [-0.2, 0) is 9.59 Å². The second-order valence-electron chi connectivity index (χ2n) is 7.16. The molecule has 0 radical (unpaired) electrons. The monoisotopic (exact) mass is 415 g/mol. The molecule has 1 N–H and O–H groups in total. The number of anilines is 1. The predicted octanol–water partition coefficient (Wildman–Crippen LogP) is 4.65. The van der Waals surface area contributed by atoms with E-state index in [1.54, 1.807) is 36.4 Å². The van der Waals surface area contributed by atoms with Crippen LogP contribution < -0.4 is 4.90 Å². The smallest absolute Gasteiger partial charge is 0.300 e. The Morgan fingerprint density at radius 3 is 2.10 bits per heavy atom. The van der Waals surface area contributed by atoms with Gasteiger partial charge in [-0.15, -0.1) is 0 Å². The van der Waals surface area contributed by atoms with Crippen LogP contribution >= 0.6 is 0 Å². The molecule has 3 aromatic rings. The van der Waals surface area contributed by atoms with Crippen LogP contribution in [0.5, 0.6) is 0 Å². The molecule has 0 spiro atoms. The highest BCUT2D eigenvalue weighted by molar-refractivity contribution is 6.51. The zero-order valence-electron chi connectivity index (χ0n) is 16.6. The minimum absolute atomic E-state index is 0.0785. The first kappa shape index (κ1) is 20.2. The van der Waals surface area contributed by atoms with E-state index in [2.05, 4.69) is 0 Å². The van der Waals surface area contributed by atoms with Gasteiger partial charge in [-0.25, -0.2) is 4.39 Å². The number of Topliss-reactive ketones (excluding diaryl/α,β-unsaturated/α-hetero) is 2. The van der Waals surface area contributed by atoms with Crippen molar-refractivity contribution in [3.05, 3.63) is 107 Å². The lowest BCUT2D eigenvalue weighted by Crippen LogP contribution is -2.29. The number of hydrogen-bond donors (Lipinski definition) is 1. The molecule has 1 heterocycles. The van der Waals surface area contributed by atoms with E-state index in [1.165, 1.54) is 49.4 Å². The molecule has 0 saturated carbocycles. The number of nitrogens with zero attached hydrogens (tertiary/aromatic N) is 1. The molecule has 0 aliphatic carbocycles. The quantitative estimate of drug-likeness (QED) is 0.291. The maximum absolute atomic E-state index is 14.8. The summed E-state index contributed by atoms with van der Waals surface area (Å²) >= 11 is 0. The molecule has 1 atom stereocenters. The third-order valence-corrected chi connectivity index (χ3v) is 5.24. The number of hydrogen-bond acceptors (Lipinski definition) is 4. The van der Waals surface area contributed by atoms with E-state index < -0.39 is 23.5 Å². The Balaban J connectivity index is 1.94. The van der Waals surface area contributed by atoms with Gasteiger partial charge in [0.15, 0.2) is 5.78 Å². The lowest BCUT2D eigenvalue weighted by Gasteiger charge is -2.25. The van der Waals surface area contributed by atoms with Gasteiger partial charge < -0.3 is 5.11 Å². The van der Waals surface area contributed by atoms with Crippen molar-refractivity contribution < 1.29 is 23.9 Å². The Bertz CT molecular complexity index is 1220. The van der Waals surface area contributed by atoms with E-state index in [9.17, 15) is 23.9 Å². The van der Waals surface area contributed by atoms with E-state index in [0.29, 0.717) is 16.8 Å². The molecule has 1 amide bonds. The highest BCUT2D eigenvalue weighted by Gasteiger charge is 2.47. The van der Waals surface area contributed by atoms with Gasteiger partial charge in [0, 0.05) is 22.4 Å². The molecule has 0 aromatic heterocycles. The molecule has 5 nitrogen and oxygen atoms in total. The first-order chi connectivity index (χ1) is 14.9. The van der Waals surface area contributed by atoms with Crippen LogP contribution in [0.2, 0.25) is 0 Å². The van der Waals surface area contributed by atoms with Gasteiger partial charge in [-0.05, 0) is 37.3 Å². The summed E-state index contributed by atoms with van der Waals surface area (Å²) in [5.74, 6) is -2.94. The second-order valence-corrected chi connectivity index (χ2v) is 7.16. The second kappa shape index (κ2) is 7.99. The molecule has 1 saturated heterocycles. The largest absolute Gasteiger partial charge is 0.507 e. The van der Waals surface area contributed by atoms with Crippen molar-refractivity contribution >= 4 is 28.9 Å². The molecular weight excluding hydrogens is 397 g/mol. The standard InChI is InChI=1S/C25H18FNO4/c1-15(28)16-11-13-18(14-12-16)27-22(19-9-5-6-10-20(19)26)21(24(30)25(27)31)23(29)17-7-3-2-4-8-17/h2-14,22,29H,1H3/b23-21+. The Hall–Kier alpha value is -4.06. The first-order valence-electron chi connectivity index (χ1n) is 9.62. The Kier molecular flexibility index (Phi) is 5.21. The van der Waals surface area contributed by atoms with Gasteiger partial charge in [0.2, 0.25) is 0 Å². The van der Waals surface area contributed by atoms with Gasteiger partial charge in [0.1, 0.15) is 11.6 Å². The van der Waals surface area contributed by atoms with E-state index in [-0.39, 0.29) is 22.7 Å². The van der Waals surface area contributed by atoms with Gasteiger partial charge in [0.25, 0.3) is 11.7 Å². The average molecular weight is 415 g/mol. The van der Waals surface area contributed by atoms with E-state index >= 15 is 0 Å². The molecule has 1 aliphatic rings. The minimum atomic E-state index is -1.16. The van der Waals surface area contributed by atoms with Gasteiger partial charge in [0.05, 0.1) is 11.6 Å². The first-order valence-corrected chi connectivity index (χ1v) is 9.62. The maximum Gasteiger partial charge on any atom is 0.300 e. The van der Waals surface area contributed by atoms with Crippen molar-refractivity contribution in [1.82, 2.24) is 0 Å². The lowest BCUT2D eigenvalue weighted by atomic mass is 9.94. The molecule has 1 unspecified atom stereocenters. The number of aliphatic hydroxyl groups excluding tert-OH is 1. The van der Waals surface area contributed by atoms with E-state index in [0.717, 1.165) is 4.90 Å². The van der Waals surface area contributed by atoms with Crippen LogP contribution in [0.4, 0.5) is 10.1 Å². The summed E-state index contributed by atoms with van der Waals surface area (Å²) in [4.78, 5) is 38.7. The van der Waals surface area contributed by atoms with Crippen molar-refractivity contribution in [3.8, 4) is 0 Å². The normalized spacial score (nSPS) is 17.7. The van der Waals surface area contributed by atoms with Gasteiger partial charge in [-0.1, -0.05) is 48.5 Å². The Labute approximate surface area is 178 Å². The number of halogens is 1. The zero-order valence-corrected chi connectivity index (χ0v) is 16.6. The molecule has 6 heteroatoms. The molecule has 4 rings (SSSR count). The van der Waals surface area contributed by atoms with Crippen molar-refractivity contribution in [2.45, 2.75) is 13.0 Å². The van der Waals surface area contributed by atoms with Gasteiger partial charge >= 0.3 is 0 Å². The van der Waals surface area contributed by atoms with Crippen LogP contribution in [0.15, 0.2) is 84.4 Å². The van der Waals surface area contributed by atoms with Crippen LogP contribution in [-0.4, -0.2) is 22.6 Å². The summed E-state index contributed by atoms with van der Waals surface area (Å²) < 4.78 is 14.8. The van der Waals surface area contributed by atoms with Crippen LogP contribution in [0.1, 0.15) is 34.5 Å². The van der Waals surface area contributed by atoms with Crippen molar-refractivity contribution in [3.63, 3.8) is 0 Å². The summed E-state index contributed by atoms with van der Waals surface area (Å²) in [5.41, 5.74) is 0.972. The third kappa shape index (κ3) is 3.53. The maximum atomic E-state index is 14.8. The van der Waals surface area contributed by atoms with E-state index in [4.69, 9.17) is 0 Å². The zero-order chi connectivity index (χ0) is 22.1. The van der Waals surface area contributed by atoms with Crippen LogP contribution in [0, 0.1) is 5.82 Å². The molecule has 1 aliphatic heterocycles. The van der Waals surface area contributed by atoms with Crippen LogP contribution in [0.3, 0.4) is 0 Å². The fraction of sp³-hybridized carbons (Fsp3) is 0.0800. The molecule has 1 fully saturated rings. The number of carbonyl (C=O) groups excluding carboxylic acids is 3. The summed E-state index contributed by atoms with van der Waals surface area (Å²) in [7, 11) is 0. The SMILES string of the molecule is CC(=O)c1ccc(N2C(=O)C(=O)/C(=C(/O)c3ccccc3)C2c2ccccc2F)cc1. The fourth-order valence-corrected chi connectivity index (χ4v) is 3.70. The number of benzene rings is 3. The lowest BCUT2D eigenvalue weighted by molar-refractivity contribution is -0.132. The molecule has 3 aromatic carbocycles. The van der Waals surface area contributed by atoms with Crippen molar-refractivity contribution in [2.24, 2.45) is 0 Å². The fourth-order valence-electron chi connectivity index (χ4n) is 3.70. The summed E-state index contributed by atoms with van der Waals surface area (Å²) in [6.45, 7) is 1.42. The number of aliphatic hydroxyl groups is 1. The van der Waals surface area contributed by atoms with Crippen molar-refractivity contribution in [2.75, 3.05) is 4.90 Å². The molecular formula is C25H18FNO4. The van der Waals surface area contributed by atoms with Gasteiger partial charge in [-0.2, -0.15) is 0 Å². The average Bonchev–Trinajstić information content (AvgIpc) is 3.04. The summed E-state index contributed by atoms with van der Waals surface area (Å²) in [6.07, 6.45) is 0. The predicted molar refractivity (Wildman–Crippen MR) is 114 cm³/mol. The Morgan fingerprint density at radius 1 is 0.871 bits per heavy atom. The van der Waals surface area contributed by atoms with Crippen LogP contribution in [0.25, 0.3) is 5.76 Å². The van der Waals surface area contributed by atoms with Gasteiger partial charge in [-0.3, -0.25) is 19.3 Å². The highest BCUT2D eigenvalue weighted by atomic mass is 19.1. The molecule has 0 bridgehead atoms. The Morgan fingerprint density at radius 2 is 1.48 bits per heavy atom. The third-order valence-electron chi connectivity index (χ3n) is 5.24. The summed E-state index contributed by atoms with van der Waals surface area (Å²) in [6, 6.07) is 19.1. The molecule has 31 heavy (non-hydrogen) atoms. The number of amides is 1. The number of rotatable bonds is 4. The number of carbonyl (C=O) groups is 3. The van der Waals surface area contributed by atoms with Crippen molar-refractivity contribution in [1.29, 1.82) is 0 Å².